The topological polar surface area (TPSA) is 71.8 Å². The van der Waals surface area contributed by atoms with Gasteiger partial charge in [0.2, 0.25) is 5.95 Å². The molecule has 0 saturated heterocycles. The summed E-state index contributed by atoms with van der Waals surface area (Å²) in [5.74, 6) is 2.01. The molecule has 1 aromatic rings. The van der Waals surface area contributed by atoms with Gasteiger partial charge in [-0.15, -0.1) is 5.10 Å². The molecule has 0 bridgehead atoms. The van der Waals surface area contributed by atoms with Crippen LogP contribution in [0.5, 0.6) is 0 Å². The molecule has 0 atom stereocenters. The van der Waals surface area contributed by atoms with Crippen LogP contribution in [0.2, 0.25) is 0 Å². The summed E-state index contributed by atoms with van der Waals surface area (Å²) in [5, 5.41) is 9.77. The number of urea groups is 1. The highest BCUT2D eigenvalue weighted by molar-refractivity contribution is 5.87. The Labute approximate surface area is 126 Å². The summed E-state index contributed by atoms with van der Waals surface area (Å²) in [6, 6.07) is -0.211. The van der Waals surface area contributed by atoms with Gasteiger partial charge in [-0.1, -0.05) is 45.4 Å². The van der Waals surface area contributed by atoms with Crippen molar-refractivity contribution < 1.29 is 4.79 Å². The summed E-state index contributed by atoms with van der Waals surface area (Å²) in [6.07, 6.45) is 9.92. The number of carbonyl (C=O) groups is 1. The first-order valence-corrected chi connectivity index (χ1v) is 8.13. The number of amides is 2. The lowest BCUT2D eigenvalue weighted by Gasteiger charge is -2.13. The standard InChI is InChI=1S/C15H27N5O/c1-3-13-17-14(19-20(13)2)18-15(21)16-11-10-12-8-6-4-5-7-9-12/h12H,3-11H2,1-2H3,(H2,16,18,19,21). The fourth-order valence-corrected chi connectivity index (χ4v) is 2.97. The maximum absolute atomic E-state index is 11.8. The van der Waals surface area contributed by atoms with E-state index in [1.54, 1.807) is 4.68 Å². The number of aryl methyl sites for hydroxylation is 2. The Balaban J connectivity index is 1.69. The predicted molar refractivity (Wildman–Crippen MR) is 83.2 cm³/mol. The van der Waals surface area contributed by atoms with E-state index in [2.05, 4.69) is 20.7 Å². The molecule has 21 heavy (non-hydrogen) atoms. The monoisotopic (exact) mass is 293 g/mol. The number of anilines is 1. The number of carbonyl (C=O) groups excluding carboxylic acids is 1. The summed E-state index contributed by atoms with van der Waals surface area (Å²) in [7, 11) is 1.83. The second-order valence-corrected chi connectivity index (χ2v) is 5.86. The number of rotatable bonds is 5. The Hall–Kier alpha value is -1.59. The van der Waals surface area contributed by atoms with E-state index in [9.17, 15) is 4.79 Å². The molecule has 1 aliphatic carbocycles. The Morgan fingerprint density at radius 1 is 1.29 bits per heavy atom. The summed E-state index contributed by atoms with van der Waals surface area (Å²) < 4.78 is 1.70. The van der Waals surface area contributed by atoms with Crippen LogP contribution < -0.4 is 10.6 Å². The molecule has 118 valence electrons. The van der Waals surface area contributed by atoms with Gasteiger partial charge in [-0.3, -0.25) is 10.00 Å². The molecule has 1 aromatic heterocycles. The van der Waals surface area contributed by atoms with Gasteiger partial charge in [0.1, 0.15) is 5.82 Å². The molecule has 0 unspecified atom stereocenters. The molecule has 2 N–H and O–H groups in total. The highest BCUT2D eigenvalue weighted by Crippen LogP contribution is 2.24. The number of nitrogens with one attached hydrogen (secondary N) is 2. The van der Waals surface area contributed by atoms with Crippen LogP contribution in [0.15, 0.2) is 0 Å². The quantitative estimate of drug-likeness (QED) is 0.820. The van der Waals surface area contributed by atoms with Crippen molar-refractivity contribution in [3.63, 3.8) is 0 Å². The van der Waals surface area contributed by atoms with Crippen LogP contribution in [0.25, 0.3) is 0 Å². The zero-order chi connectivity index (χ0) is 15.1. The van der Waals surface area contributed by atoms with Gasteiger partial charge in [-0.2, -0.15) is 4.98 Å². The van der Waals surface area contributed by atoms with E-state index in [0.717, 1.165) is 31.1 Å². The van der Waals surface area contributed by atoms with E-state index in [4.69, 9.17) is 0 Å². The van der Waals surface area contributed by atoms with Gasteiger partial charge in [0, 0.05) is 20.0 Å². The minimum Gasteiger partial charge on any atom is -0.338 e. The van der Waals surface area contributed by atoms with Gasteiger partial charge >= 0.3 is 6.03 Å². The fraction of sp³-hybridized carbons (Fsp3) is 0.800. The lowest BCUT2D eigenvalue weighted by Crippen LogP contribution is -2.31. The first kappa shape index (κ1) is 15.8. The van der Waals surface area contributed by atoms with Crippen molar-refractivity contribution in [1.29, 1.82) is 0 Å². The molecule has 0 aliphatic heterocycles. The number of nitrogens with zero attached hydrogens (tertiary/aromatic N) is 3. The molecular weight excluding hydrogens is 266 g/mol. The Bertz CT molecular complexity index is 449. The highest BCUT2D eigenvalue weighted by Gasteiger charge is 2.13. The molecule has 6 nitrogen and oxygen atoms in total. The maximum Gasteiger partial charge on any atom is 0.321 e. The third kappa shape index (κ3) is 5.02. The van der Waals surface area contributed by atoms with Gasteiger partial charge in [-0.25, -0.2) is 4.79 Å². The molecule has 6 heteroatoms. The average molecular weight is 293 g/mol. The molecular formula is C15H27N5O. The van der Waals surface area contributed by atoms with E-state index < -0.39 is 0 Å². The molecule has 1 fully saturated rings. The van der Waals surface area contributed by atoms with Crippen LogP contribution >= 0.6 is 0 Å². The van der Waals surface area contributed by atoms with Crippen LogP contribution in [0.1, 0.15) is 57.7 Å². The van der Waals surface area contributed by atoms with Crippen molar-refractivity contribution in [2.45, 2.75) is 58.3 Å². The van der Waals surface area contributed by atoms with Crippen molar-refractivity contribution in [2.24, 2.45) is 13.0 Å². The Kier molecular flexibility index (Phi) is 6.02. The van der Waals surface area contributed by atoms with Crippen molar-refractivity contribution in [1.82, 2.24) is 20.1 Å². The molecule has 0 spiro atoms. The van der Waals surface area contributed by atoms with Gasteiger partial charge in [0.25, 0.3) is 0 Å². The Morgan fingerprint density at radius 3 is 2.62 bits per heavy atom. The van der Waals surface area contributed by atoms with Gasteiger partial charge in [0.05, 0.1) is 0 Å². The zero-order valence-corrected chi connectivity index (χ0v) is 13.2. The molecule has 1 saturated carbocycles. The summed E-state index contributed by atoms with van der Waals surface area (Å²) in [5.41, 5.74) is 0. The smallest absolute Gasteiger partial charge is 0.321 e. The molecule has 0 aromatic carbocycles. The minimum atomic E-state index is -0.211. The zero-order valence-electron chi connectivity index (χ0n) is 13.2. The van der Waals surface area contributed by atoms with Crippen molar-refractivity contribution >= 4 is 12.0 Å². The van der Waals surface area contributed by atoms with Crippen LogP contribution in [-0.2, 0) is 13.5 Å². The van der Waals surface area contributed by atoms with E-state index in [1.165, 1.54) is 38.5 Å². The Morgan fingerprint density at radius 2 is 2.00 bits per heavy atom. The van der Waals surface area contributed by atoms with Crippen molar-refractivity contribution in [2.75, 3.05) is 11.9 Å². The number of hydrogen-bond acceptors (Lipinski definition) is 3. The summed E-state index contributed by atoms with van der Waals surface area (Å²) in [6.45, 7) is 2.74. The first-order valence-electron chi connectivity index (χ1n) is 8.13. The second kappa shape index (κ2) is 8.00. The summed E-state index contributed by atoms with van der Waals surface area (Å²) >= 11 is 0. The molecule has 1 heterocycles. The lowest BCUT2D eigenvalue weighted by molar-refractivity contribution is 0.250. The highest BCUT2D eigenvalue weighted by atomic mass is 16.2. The lowest BCUT2D eigenvalue weighted by atomic mass is 9.97. The van der Waals surface area contributed by atoms with Crippen molar-refractivity contribution in [3.8, 4) is 0 Å². The summed E-state index contributed by atoms with van der Waals surface area (Å²) in [4.78, 5) is 16.1. The van der Waals surface area contributed by atoms with Crippen LogP contribution in [0.3, 0.4) is 0 Å². The van der Waals surface area contributed by atoms with Gasteiger partial charge < -0.3 is 5.32 Å². The van der Waals surface area contributed by atoms with Crippen LogP contribution in [0.4, 0.5) is 10.7 Å². The molecule has 1 aliphatic rings. The van der Waals surface area contributed by atoms with E-state index in [0.29, 0.717) is 5.95 Å². The van der Waals surface area contributed by atoms with Crippen molar-refractivity contribution in [3.05, 3.63) is 5.82 Å². The predicted octanol–water partition coefficient (Wildman–Crippen LogP) is 2.86. The van der Waals surface area contributed by atoms with Gasteiger partial charge in [0.15, 0.2) is 0 Å². The van der Waals surface area contributed by atoms with E-state index in [1.807, 2.05) is 14.0 Å². The fourth-order valence-electron chi connectivity index (χ4n) is 2.97. The van der Waals surface area contributed by atoms with E-state index >= 15 is 0 Å². The second-order valence-electron chi connectivity index (χ2n) is 5.86. The van der Waals surface area contributed by atoms with Crippen LogP contribution in [0, 0.1) is 5.92 Å². The minimum absolute atomic E-state index is 0.211. The third-order valence-electron chi connectivity index (χ3n) is 4.21. The van der Waals surface area contributed by atoms with Crippen LogP contribution in [-0.4, -0.2) is 27.3 Å². The normalized spacial score (nSPS) is 16.5. The maximum atomic E-state index is 11.8. The molecule has 2 rings (SSSR count). The average Bonchev–Trinajstić information content (AvgIpc) is 2.66. The number of hydrogen-bond donors (Lipinski definition) is 2. The SMILES string of the molecule is CCc1nc(NC(=O)NCCC2CCCCCC2)nn1C. The third-order valence-corrected chi connectivity index (χ3v) is 4.21. The molecule has 0 radical (unpaired) electrons. The van der Waals surface area contributed by atoms with Gasteiger partial charge in [-0.05, 0) is 12.3 Å². The largest absolute Gasteiger partial charge is 0.338 e. The first-order chi connectivity index (χ1) is 10.2. The number of aromatic nitrogens is 3. The molecule has 2 amide bonds. The van der Waals surface area contributed by atoms with E-state index in [-0.39, 0.29) is 6.03 Å².